The van der Waals surface area contributed by atoms with Gasteiger partial charge in [-0.05, 0) is 38.4 Å². The maximum Gasteiger partial charge on any atom is 0.317 e. The topological polar surface area (TPSA) is 52.6 Å². The lowest BCUT2D eigenvalue weighted by molar-refractivity contribution is 0.0841. The highest BCUT2D eigenvalue weighted by molar-refractivity contribution is 8.00. The number of urea groups is 1. The van der Waals surface area contributed by atoms with Crippen molar-refractivity contribution in [2.45, 2.75) is 43.5 Å². The maximum absolute atomic E-state index is 11.9. The van der Waals surface area contributed by atoms with E-state index >= 15 is 0 Å². The molecular formula is C12H22N2O2S. The molecule has 0 spiro atoms. The molecule has 17 heavy (non-hydrogen) atoms. The van der Waals surface area contributed by atoms with E-state index < -0.39 is 0 Å². The Morgan fingerprint density at radius 3 is 3.06 bits per heavy atom. The number of nitrogens with zero attached hydrogens (tertiary/aromatic N) is 1. The summed E-state index contributed by atoms with van der Waals surface area (Å²) < 4.78 is 0.212. The summed E-state index contributed by atoms with van der Waals surface area (Å²) in [4.78, 5) is 13.7. The first-order valence-electron chi connectivity index (χ1n) is 6.44. The Morgan fingerprint density at radius 1 is 1.59 bits per heavy atom. The fraction of sp³-hybridized carbons (Fsp3) is 0.917. The lowest BCUT2D eigenvalue weighted by Crippen LogP contribution is -2.49. The minimum absolute atomic E-state index is 0.0162. The van der Waals surface area contributed by atoms with Crippen LogP contribution in [0.1, 0.15) is 32.6 Å². The van der Waals surface area contributed by atoms with Crippen LogP contribution in [0, 0.1) is 0 Å². The second-order valence-corrected chi connectivity index (χ2v) is 6.99. The molecule has 0 aromatic heterocycles. The van der Waals surface area contributed by atoms with Crippen molar-refractivity contribution < 1.29 is 9.90 Å². The van der Waals surface area contributed by atoms with E-state index in [1.807, 2.05) is 11.8 Å². The summed E-state index contributed by atoms with van der Waals surface area (Å²) in [6, 6.07) is -0.0162. The standard InChI is InChI=1S/C12H22N2O2S/c1-12(5-3-7-17-12)9-13-11(16)14-6-2-4-10(15)8-14/h10,15H,2-9H2,1H3,(H,13,16). The molecule has 0 radical (unpaired) electrons. The molecule has 2 fully saturated rings. The molecule has 0 aliphatic carbocycles. The Morgan fingerprint density at radius 2 is 2.41 bits per heavy atom. The quantitative estimate of drug-likeness (QED) is 0.788. The summed E-state index contributed by atoms with van der Waals surface area (Å²) >= 11 is 1.95. The highest BCUT2D eigenvalue weighted by atomic mass is 32.2. The highest BCUT2D eigenvalue weighted by Gasteiger charge is 2.31. The first-order valence-corrected chi connectivity index (χ1v) is 7.42. The zero-order chi connectivity index (χ0) is 12.3. The number of nitrogens with one attached hydrogen (secondary N) is 1. The third kappa shape index (κ3) is 3.52. The molecule has 2 atom stereocenters. The third-order valence-electron chi connectivity index (χ3n) is 3.60. The number of hydrogen-bond donors (Lipinski definition) is 2. The second kappa shape index (κ2) is 5.48. The SMILES string of the molecule is CC1(CNC(=O)N2CCCC(O)C2)CCCS1. The van der Waals surface area contributed by atoms with Gasteiger partial charge in [0.25, 0.3) is 0 Å². The summed E-state index contributed by atoms with van der Waals surface area (Å²) in [7, 11) is 0. The summed E-state index contributed by atoms with van der Waals surface area (Å²) in [6.45, 7) is 4.21. The Bertz CT molecular complexity index is 280. The molecule has 2 N–H and O–H groups in total. The van der Waals surface area contributed by atoms with E-state index in [1.54, 1.807) is 4.90 Å². The minimum Gasteiger partial charge on any atom is -0.391 e. The molecule has 2 amide bonds. The molecule has 98 valence electrons. The van der Waals surface area contributed by atoms with Gasteiger partial charge in [-0.1, -0.05) is 0 Å². The summed E-state index contributed by atoms with van der Waals surface area (Å²) in [6.07, 6.45) is 3.81. The van der Waals surface area contributed by atoms with Crippen molar-refractivity contribution in [3.8, 4) is 0 Å². The number of likely N-dealkylation sites (tertiary alicyclic amines) is 1. The van der Waals surface area contributed by atoms with E-state index in [9.17, 15) is 9.90 Å². The van der Waals surface area contributed by atoms with Gasteiger partial charge in [-0.3, -0.25) is 0 Å². The van der Waals surface area contributed by atoms with Crippen LogP contribution in [-0.4, -0.2) is 52.3 Å². The van der Waals surface area contributed by atoms with Crippen LogP contribution in [0.3, 0.4) is 0 Å². The molecule has 2 saturated heterocycles. The summed E-state index contributed by atoms with van der Waals surface area (Å²) in [5, 5.41) is 12.5. The Labute approximate surface area is 107 Å². The van der Waals surface area contributed by atoms with Crippen LogP contribution >= 0.6 is 11.8 Å². The molecular weight excluding hydrogens is 236 g/mol. The number of β-amino-alcohol motifs (C(OH)–C–C–N with tert-alkyl or cyclic N) is 1. The van der Waals surface area contributed by atoms with Crippen molar-refractivity contribution in [2.24, 2.45) is 0 Å². The molecule has 0 saturated carbocycles. The molecule has 5 heteroatoms. The van der Waals surface area contributed by atoms with E-state index in [4.69, 9.17) is 0 Å². The van der Waals surface area contributed by atoms with Crippen LogP contribution in [0.5, 0.6) is 0 Å². The van der Waals surface area contributed by atoms with Crippen molar-refractivity contribution >= 4 is 17.8 Å². The Balaban J connectivity index is 1.76. The van der Waals surface area contributed by atoms with E-state index in [0.717, 1.165) is 25.9 Å². The molecule has 2 heterocycles. The average molecular weight is 258 g/mol. The van der Waals surface area contributed by atoms with Crippen LogP contribution in [-0.2, 0) is 0 Å². The Hall–Kier alpha value is -0.420. The number of carbonyl (C=O) groups is 1. The van der Waals surface area contributed by atoms with E-state index in [0.29, 0.717) is 6.54 Å². The number of aliphatic hydroxyl groups is 1. The molecule has 2 unspecified atom stereocenters. The van der Waals surface area contributed by atoms with Gasteiger partial charge in [0.2, 0.25) is 0 Å². The molecule has 4 nitrogen and oxygen atoms in total. The van der Waals surface area contributed by atoms with Crippen LogP contribution in [0.15, 0.2) is 0 Å². The van der Waals surface area contributed by atoms with Crippen molar-refractivity contribution in [2.75, 3.05) is 25.4 Å². The number of carbonyl (C=O) groups excluding carboxylic acids is 1. The number of aliphatic hydroxyl groups excluding tert-OH is 1. The van der Waals surface area contributed by atoms with Gasteiger partial charge >= 0.3 is 6.03 Å². The number of hydrogen-bond acceptors (Lipinski definition) is 3. The van der Waals surface area contributed by atoms with E-state index in [-0.39, 0.29) is 16.9 Å². The number of thioether (sulfide) groups is 1. The molecule has 0 aromatic carbocycles. The Kier molecular flexibility index (Phi) is 4.20. The normalized spacial score (nSPS) is 33.8. The zero-order valence-corrected chi connectivity index (χ0v) is 11.3. The maximum atomic E-state index is 11.9. The van der Waals surface area contributed by atoms with Crippen LogP contribution in [0.4, 0.5) is 4.79 Å². The number of piperidine rings is 1. The summed E-state index contributed by atoms with van der Waals surface area (Å²) in [5.41, 5.74) is 0. The smallest absolute Gasteiger partial charge is 0.317 e. The molecule has 0 aromatic rings. The fourth-order valence-electron chi connectivity index (χ4n) is 2.49. The van der Waals surface area contributed by atoms with E-state index in [1.165, 1.54) is 18.6 Å². The van der Waals surface area contributed by atoms with Gasteiger partial charge in [-0.2, -0.15) is 11.8 Å². The minimum atomic E-state index is -0.342. The predicted molar refractivity (Wildman–Crippen MR) is 70.3 cm³/mol. The second-order valence-electron chi connectivity index (χ2n) is 5.30. The van der Waals surface area contributed by atoms with Gasteiger partial charge < -0.3 is 15.3 Å². The molecule has 2 aliphatic heterocycles. The van der Waals surface area contributed by atoms with Crippen molar-refractivity contribution in [3.63, 3.8) is 0 Å². The number of rotatable bonds is 2. The molecule has 2 rings (SSSR count). The largest absolute Gasteiger partial charge is 0.391 e. The molecule has 0 bridgehead atoms. The average Bonchev–Trinajstić information content (AvgIpc) is 2.74. The highest BCUT2D eigenvalue weighted by Crippen LogP contribution is 2.36. The van der Waals surface area contributed by atoms with Crippen LogP contribution in [0.25, 0.3) is 0 Å². The monoisotopic (exact) mass is 258 g/mol. The predicted octanol–water partition coefficient (Wildman–Crippen LogP) is 1.44. The van der Waals surface area contributed by atoms with Crippen LogP contribution < -0.4 is 5.32 Å². The summed E-state index contributed by atoms with van der Waals surface area (Å²) in [5.74, 6) is 1.20. The number of amides is 2. The van der Waals surface area contributed by atoms with Crippen LogP contribution in [0.2, 0.25) is 0 Å². The first kappa shape index (κ1) is 13.0. The van der Waals surface area contributed by atoms with Crippen molar-refractivity contribution in [3.05, 3.63) is 0 Å². The zero-order valence-electron chi connectivity index (χ0n) is 10.4. The van der Waals surface area contributed by atoms with Gasteiger partial charge in [0, 0.05) is 24.4 Å². The van der Waals surface area contributed by atoms with Crippen molar-refractivity contribution in [1.29, 1.82) is 0 Å². The van der Waals surface area contributed by atoms with Gasteiger partial charge in [0.1, 0.15) is 0 Å². The lowest BCUT2D eigenvalue weighted by Gasteiger charge is -2.31. The van der Waals surface area contributed by atoms with Gasteiger partial charge in [0.15, 0.2) is 0 Å². The first-order chi connectivity index (χ1) is 8.09. The molecule has 2 aliphatic rings. The van der Waals surface area contributed by atoms with Gasteiger partial charge in [-0.25, -0.2) is 4.79 Å². The van der Waals surface area contributed by atoms with Crippen molar-refractivity contribution in [1.82, 2.24) is 10.2 Å². The lowest BCUT2D eigenvalue weighted by atomic mass is 10.1. The fourth-order valence-corrected chi connectivity index (χ4v) is 3.73. The van der Waals surface area contributed by atoms with Gasteiger partial charge in [-0.15, -0.1) is 0 Å². The third-order valence-corrected chi connectivity index (χ3v) is 5.14. The van der Waals surface area contributed by atoms with Gasteiger partial charge in [0.05, 0.1) is 6.10 Å². The van der Waals surface area contributed by atoms with E-state index in [2.05, 4.69) is 12.2 Å².